The van der Waals surface area contributed by atoms with Crippen molar-refractivity contribution in [2.24, 2.45) is 0 Å². The molecular weight excluding hydrogens is 399 g/mol. The number of fused-ring (bicyclic) bond motifs is 1. The van der Waals surface area contributed by atoms with Crippen molar-refractivity contribution in [2.75, 3.05) is 19.0 Å². The van der Waals surface area contributed by atoms with Crippen molar-refractivity contribution < 1.29 is 24.2 Å². The van der Waals surface area contributed by atoms with E-state index in [1.807, 2.05) is 43.3 Å². The first-order valence-electron chi connectivity index (χ1n) is 9.72. The van der Waals surface area contributed by atoms with E-state index in [1.54, 1.807) is 18.2 Å². The maximum atomic E-state index is 13.5. The Morgan fingerprint density at radius 1 is 1.13 bits per heavy atom. The van der Waals surface area contributed by atoms with E-state index in [4.69, 9.17) is 10.1 Å². The quantitative estimate of drug-likeness (QED) is 0.535. The van der Waals surface area contributed by atoms with Crippen LogP contribution in [0.25, 0.3) is 28.1 Å². The summed E-state index contributed by atoms with van der Waals surface area (Å²) in [6.45, 7) is 0. The van der Waals surface area contributed by atoms with Crippen molar-refractivity contribution in [1.29, 1.82) is 0 Å². The van der Waals surface area contributed by atoms with Gasteiger partial charge < -0.3 is 15.1 Å². The topological polar surface area (TPSA) is 90.7 Å². The number of Topliss-reactive ketones (excluding diaryl/α,β-unsaturated/α-hetero) is 1. The molecule has 7 heteroatoms. The van der Waals surface area contributed by atoms with E-state index in [0.717, 1.165) is 22.0 Å². The molecule has 0 saturated carbocycles. The van der Waals surface area contributed by atoms with Crippen molar-refractivity contribution in [3.8, 4) is 11.1 Å². The van der Waals surface area contributed by atoms with Crippen molar-refractivity contribution in [3.63, 3.8) is 0 Å². The van der Waals surface area contributed by atoms with Crippen LogP contribution >= 0.6 is 0 Å². The molecule has 1 atom stereocenters. The van der Waals surface area contributed by atoms with Gasteiger partial charge >= 0.3 is 5.97 Å². The third-order valence-corrected chi connectivity index (χ3v) is 4.74. The molecule has 0 saturated heterocycles. The molecule has 0 fully saturated rings. The Morgan fingerprint density at radius 3 is 2.45 bits per heavy atom. The van der Waals surface area contributed by atoms with Gasteiger partial charge in [0.05, 0.1) is 11.6 Å². The van der Waals surface area contributed by atoms with Crippen LogP contribution in [0.4, 0.5) is 10.2 Å². The molecule has 0 aliphatic carbocycles. The highest BCUT2D eigenvalue weighted by Gasteiger charge is 2.17. The van der Waals surface area contributed by atoms with Crippen LogP contribution in [0.15, 0.2) is 54.6 Å². The van der Waals surface area contributed by atoms with Crippen molar-refractivity contribution in [1.82, 2.24) is 4.98 Å². The molecule has 0 bridgehead atoms. The van der Waals surface area contributed by atoms with Gasteiger partial charge in [-0.2, -0.15) is 0 Å². The maximum Gasteiger partial charge on any atom is 0.310 e. The third kappa shape index (κ3) is 5.32. The van der Waals surface area contributed by atoms with E-state index < -0.39 is 24.3 Å². The van der Waals surface area contributed by atoms with Crippen LogP contribution < -0.4 is 4.90 Å². The maximum absolute atomic E-state index is 13.5. The Morgan fingerprint density at radius 2 is 1.81 bits per heavy atom. The number of hydrogen-bond acceptors (Lipinski definition) is 5. The highest BCUT2D eigenvalue weighted by atomic mass is 19.1. The molecule has 2 N–H and O–H groups in total. The Labute approximate surface area is 179 Å². The van der Waals surface area contributed by atoms with Gasteiger partial charge in [0.2, 0.25) is 0 Å². The number of aromatic nitrogens is 1. The monoisotopic (exact) mass is 422 g/mol. The number of halogens is 1. The van der Waals surface area contributed by atoms with Gasteiger partial charge in [-0.15, -0.1) is 0 Å². The number of hydrogen-bond donors (Lipinski definition) is 2. The number of anilines is 1. The summed E-state index contributed by atoms with van der Waals surface area (Å²) in [6, 6.07) is 13.7. The van der Waals surface area contributed by atoms with E-state index in [1.165, 1.54) is 18.2 Å². The molecule has 0 aliphatic heterocycles. The van der Waals surface area contributed by atoms with Gasteiger partial charge in [0, 0.05) is 37.0 Å². The van der Waals surface area contributed by atoms with Crippen LogP contribution in [0.5, 0.6) is 0 Å². The fraction of sp³-hybridized carbons (Fsp3) is 0.208. The lowest BCUT2D eigenvalue weighted by molar-refractivity contribution is -0.140. The van der Waals surface area contributed by atoms with E-state index in [9.17, 15) is 19.1 Å². The first-order valence-corrected chi connectivity index (χ1v) is 9.72. The second kappa shape index (κ2) is 9.49. The van der Waals surface area contributed by atoms with Crippen LogP contribution in [-0.2, 0) is 9.59 Å². The lowest BCUT2D eigenvalue weighted by atomic mass is 9.94. The Balaban J connectivity index is 2.13. The number of benzene rings is 2. The highest BCUT2D eigenvalue weighted by Crippen LogP contribution is 2.37. The van der Waals surface area contributed by atoms with Crippen molar-refractivity contribution in [3.05, 3.63) is 66.0 Å². The summed E-state index contributed by atoms with van der Waals surface area (Å²) in [5.74, 6) is -1.50. The number of nitrogens with zero attached hydrogens (tertiary/aromatic N) is 2. The first-order chi connectivity index (χ1) is 14.8. The fourth-order valence-electron chi connectivity index (χ4n) is 3.39. The lowest BCUT2D eigenvalue weighted by Crippen LogP contribution is -2.15. The van der Waals surface area contributed by atoms with E-state index >= 15 is 0 Å². The van der Waals surface area contributed by atoms with Crippen LogP contribution in [0, 0.1) is 5.82 Å². The van der Waals surface area contributed by atoms with Gasteiger partial charge in [-0.05, 0) is 23.8 Å². The van der Waals surface area contributed by atoms with Gasteiger partial charge in [-0.1, -0.05) is 42.5 Å². The molecule has 0 spiro atoms. The molecule has 2 aromatic carbocycles. The predicted octanol–water partition coefficient (Wildman–Crippen LogP) is 3.91. The molecule has 3 rings (SSSR count). The molecule has 3 aromatic rings. The van der Waals surface area contributed by atoms with Gasteiger partial charge in [0.15, 0.2) is 0 Å². The summed E-state index contributed by atoms with van der Waals surface area (Å²) >= 11 is 0. The average molecular weight is 422 g/mol. The van der Waals surface area contributed by atoms with Crippen molar-refractivity contribution in [2.45, 2.75) is 18.9 Å². The number of carbonyl (C=O) groups excluding carboxylic acids is 1. The van der Waals surface area contributed by atoms with Gasteiger partial charge in [-0.25, -0.2) is 9.37 Å². The number of carboxylic acid groups (broad SMARTS) is 1. The third-order valence-electron chi connectivity index (χ3n) is 4.74. The molecule has 0 amide bonds. The number of carbonyl (C=O) groups is 2. The molecule has 0 radical (unpaired) electrons. The number of pyridine rings is 1. The van der Waals surface area contributed by atoms with E-state index in [2.05, 4.69) is 0 Å². The molecule has 1 heterocycles. The summed E-state index contributed by atoms with van der Waals surface area (Å²) in [4.78, 5) is 29.0. The number of aliphatic hydroxyl groups is 1. The number of aliphatic hydroxyl groups excluding tert-OH is 1. The minimum Gasteiger partial charge on any atom is -0.481 e. The molecule has 0 aliphatic rings. The Hall–Kier alpha value is -3.58. The van der Waals surface area contributed by atoms with Crippen LogP contribution in [0.1, 0.15) is 18.4 Å². The summed E-state index contributed by atoms with van der Waals surface area (Å²) in [5, 5.41) is 19.8. The number of para-hydroxylation sites is 1. The standard InChI is InChI=1S/C24H23FN2O4/c1-27(2)24-20(12-11-17(28)13-18(29)14-22(30)31)23(15-7-9-16(25)10-8-15)19-5-3-4-6-21(19)26-24/h3-12,17,28H,13-14H2,1-2H3,(H,30,31)/b12-11+. The minimum absolute atomic E-state index is 0.299. The molecule has 1 unspecified atom stereocenters. The van der Waals surface area contributed by atoms with Gasteiger partial charge in [0.25, 0.3) is 0 Å². The zero-order valence-corrected chi connectivity index (χ0v) is 17.2. The van der Waals surface area contributed by atoms with E-state index in [0.29, 0.717) is 11.4 Å². The average Bonchev–Trinajstić information content (AvgIpc) is 2.71. The lowest BCUT2D eigenvalue weighted by Gasteiger charge is -2.20. The molecule has 160 valence electrons. The van der Waals surface area contributed by atoms with E-state index in [-0.39, 0.29) is 12.2 Å². The zero-order valence-electron chi connectivity index (χ0n) is 17.2. The summed E-state index contributed by atoms with van der Waals surface area (Å²) in [5.41, 5.74) is 3.05. The fourth-order valence-corrected chi connectivity index (χ4v) is 3.39. The SMILES string of the molecule is CN(C)c1nc2ccccc2c(-c2ccc(F)cc2)c1/C=C/C(O)CC(=O)CC(=O)O. The molecule has 31 heavy (non-hydrogen) atoms. The van der Waals surface area contributed by atoms with Crippen LogP contribution in [0.2, 0.25) is 0 Å². The van der Waals surface area contributed by atoms with Crippen molar-refractivity contribution >= 4 is 34.5 Å². The zero-order chi connectivity index (χ0) is 22.5. The highest BCUT2D eigenvalue weighted by molar-refractivity contribution is 6.01. The Kier molecular flexibility index (Phi) is 6.77. The largest absolute Gasteiger partial charge is 0.481 e. The van der Waals surface area contributed by atoms with Crippen LogP contribution in [-0.4, -0.2) is 47.1 Å². The van der Waals surface area contributed by atoms with Crippen LogP contribution in [0.3, 0.4) is 0 Å². The molecule has 6 nitrogen and oxygen atoms in total. The number of carboxylic acids is 1. The summed E-state index contributed by atoms with van der Waals surface area (Å²) in [7, 11) is 3.69. The Bertz CT molecular complexity index is 1140. The van der Waals surface area contributed by atoms with Gasteiger partial charge in [-0.3, -0.25) is 9.59 Å². The summed E-state index contributed by atoms with van der Waals surface area (Å²) < 4.78 is 13.5. The predicted molar refractivity (Wildman–Crippen MR) is 118 cm³/mol. The smallest absolute Gasteiger partial charge is 0.310 e. The molecule has 1 aromatic heterocycles. The number of rotatable bonds is 8. The summed E-state index contributed by atoms with van der Waals surface area (Å²) in [6.07, 6.45) is 1.05. The second-order valence-electron chi connectivity index (χ2n) is 7.38. The van der Waals surface area contributed by atoms with Gasteiger partial charge in [0.1, 0.15) is 23.8 Å². The minimum atomic E-state index is -1.23. The second-order valence-corrected chi connectivity index (χ2v) is 7.38. The first kappa shape index (κ1) is 22.1. The number of ketones is 1. The molecular formula is C24H23FN2O4. The normalized spacial score (nSPS) is 12.3. The number of aliphatic carboxylic acids is 1.